The maximum atomic E-state index is 12.4. The van der Waals surface area contributed by atoms with E-state index in [1.165, 1.54) is 18.1 Å². The molecule has 0 radical (unpaired) electrons. The second-order valence-corrected chi connectivity index (χ2v) is 7.60. The number of amides is 1. The van der Waals surface area contributed by atoms with Crippen LogP contribution in [0.5, 0.6) is 0 Å². The maximum Gasteiger partial charge on any atom is 0.307 e. The molecule has 1 aliphatic carbocycles. The summed E-state index contributed by atoms with van der Waals surface area (Å²) < 4.78 is 5.18. The average Bonchev–Trinajstić information content (AvgIpc) is 3.19. The van der Waals surface area contributed by atoms with Gasteiger partial charge in [-0.25, -0.2) is 0 Å². The van der Waals surface area contributed by atoms with Gasteiger partial charge in [-0.2, -0.15) is 0 Å². The molecule has 2 aromatic rings. The van der Waals surface area contributed by atoms with Crippen LogP contribution in [0.15, 0.2) is 42.5 Å². The lowest BCUT2D eigenvalue weighted by Gasteiger charge is -2.13. The van der Waals surface area contributed by atoms with Crippen molar-refractivity contribution in [1.82, 2.24) is 5.32 Å². The number of carbonyl (C=O) groups is 3. The Morgan fingerprint density at radius 1 is 1.00 bits per heavy atom. The summed E-state index contributed by atoms with van der Waals surface area (Å²) in [6, 6.07) is 13.6. The van der Waals surface area contributed by atoms with Crippen LogP contribution in [-0.4, -0.2) is 23.8 Å². The molecule has 152 valence electrons. The number of nitrogens with one attached hydrogen (secondary N) is 1. The summed E-state index contributed by atoms with van der Waals surface area (Å²) in [6.45, 7) is 3.90. The van der Waals surface area contributed by atoms with Crippen LogP contribution in [0.25, 0.3) is 0 Å². The lowest BCUT2D eigenvalue weighted by atomic mass is 10.0. The number of Topliss-reactive ketones (excluding diaryl/α,β-unsaturated/α-hetero) is 1. The number of benzene rings is 2. The van der Waals surface area contributed by atoms with Gasteiger partial charge in [-0.1, -0.05) is 42.0 Å². The predicted octanol–water partition coefficient (Wildman–Crippen LogP) is 3.69. The monoisotopic (exact) mass is 393 g/mol. The summed E-state index contributed by atoms with van der Waals surface area (Å²) >= 11 is 0. The van der Waals surface area contributed by atoms with Crippen molar-refractivity contribution in [3.05, 3.63) is 70.3 Å². The van der Waals surface area contributed by atoms with Crippen LogP contribution < -0.4 is 5.32 Å². The summed E-state index contributed by atoms with van der Waals surface area (Å²) in [5.74, 6) is -0.977. The number of rotatable bonds is 8. The van der Waals surface area contributed by atoms with Gasteiger partial charge in [0.25, 0.3) is 5.91 Å². The zero-order valence-electron chi connectivity index (χ0n) is 17.0. The largest absolute Gasteiger partial charge is 0.453 e. The van der Waals surface area contributed by atoms with Crippen LogP contribution in [-0.2, 0) is 33.7 Å². The number of fused-ring (bicyclic) bond motifs is 1. The molecule has 1 atom stereocenters. The lowest BCUT2D eigenvalue weighted by molar-refractivity contribution is -0.154. The number of aryl methyl sites for hydroxylation is 3. The Balaban J connectivity index is 1.41. The molecule has 0 saturated heterocycles. The Kier molecular flexibility index (Phi) is 6.81. The molecule has 2 aromatic carbocycles. The fourth-order valence-electron chi connectivity index (χ4n) is 3.45. The molecule has 0 heterocycles. The van der Waals surface area contributed by atoms with E-state index in [9.17, 15) is 14.4 Å². The SMILES string of the molecule is Cc1ccc(CNC(=O)[C@@H](C)OC(=O)CCC(=O)c2ccc3c(c2)CCC3)cc1. The number of esters is 1. The van der Waals surface area contributed by atoms with Gasteiger partial charge in [0.15, 0.2) is 11.9 Å². The van der Waals surface area contributed by atoms with Crippen LogP contribution in [0, 0.1) is 6.92 Å². The van der Waals surface area contributed by atoms with Crippen LogP contribution in [0.3, 0.4) is 0 Å². The van der Waals surface area contributed by atoms with Crippen molar-refractivity contribution in [2.75, 3.05) is 0 Å². The van der Waals surface area contributed by atoms with Crippen molar-refractivity contribution in [1.29, 1.82) is 0 Å². The normalized spacial score (nSPS) is 13.4. The van der Waals surface area contributed by atoms with Gasteiger partial charge in [-0.15, -0.1) is 0 Å². The van der Waals surface area contributed by atoms with Crippen LogP contribution >= 0.6 is 0 Å². The highest BCUT2D eigenvalue weighted by Gasteiger charge is 2.19. The van der Waals surface area contributed by atoms with E-state index in [1.54, 1.807) is 0 Å². The highest BCUT2D eigenvalue weighted by atomic mass is 16.5. The second kappa shape index (κ2) is 9.50. The average molecular weight is 393 g/mol. The first-order valence-corrected chi connectivity index (χ1v) is 10.1. The van der Waals surface area contributed by atoms with E-state index in [0.717, 1.165) is 30.4 Å². The van der Waals surface area contributed by atoms with Gasteiger partial charge < -0.3 is 10.1 Å². The molecule has 0 unspecified atom stereocenters. The topological polar surface area (TPSA) is 72.5 Å². The molecule has 5 heteroatoms. The van der Waals surface area contributed by atoms with Crippen molar-refractivity contribution >= 4 is 17.7 Å². The molecule has 0 aliphatic heterocycles. The van der Waals surface area contributed by atoms with Gasteiger partial charge >= 0.3 is 5.97 Å². The van der Waals surface area contributed by atoms with Gasteiger partial charge in [0, 0.05) is 18.5 Å². The Bertz CT molecular complexity index is 902. The molecule has 0 aromatic heterocycles. The van der Waals surface area contributed by atoms with Crippen molar-refractivity contribution in [2.24, 2.45) is 0 Å². The van der Waals surface area contributed by atoms with E-state index in [1.807, 2.05) is 49.4 Å². The Hall–Kier alpha value is -2.95. The van der Waals surface area contributed by atoms with Gasteiger partial charge in [-0.05, 0) is 55.9 Å². The summed E-state index contributed by atoms with van der Waals surface area (Å²) in [7, 11) is 0. The first-order valence-electron chi connectivity index (χ1n) is 10.1. The minimum absolute atomic E-state index is 0.0362. The van der Waals surface area contributed by atoms with E-state index in [2.05, 4.69) is 5.32 Å². The number of ether oxygens (including phenoxy) is 1. The molecular formula is C24H27NO4. The molecule has 0 bridgehead atoms. The number of ketones is 1. The second-order valence-electron chi connectivity index (χ2n) is 7.60. The lowest BCUT2D eigenvalue weighted by Crippen LogP contribution is -2.35. The fourth-order valence-corrected chi connectivity index (χ4v) is 3.45. The van der Waals surface area contributed by atoms with Crippen molar-refractivity contribution in [2.45, 2.75) is 58.6 Å². The minimum atomic E-state index is -0.900. The van der Waals surface area contributed by atoms with Crippen LogP contribution in [0.4, 0.5) is 0 Å². The molecule has 5 nitrogen and oxygen atoms in total. The maximum absolute atomic E-state index is 12.4. The zero-order chi connectivity index (χ0) is 20.8. The number of carbonyl (C=O) groups excluding carboxylic acids is 3. The van der Waals surface area contributed by atoms with E-state index in [0.29, 0.717) is 12.1 Å². The molecule has 0 spiro atoms. The zero-order valence-corrected chi connectivity index (χ0v) is 17.0. The summed E-state index contributed by atoms with van der Waals surface area (Å²) in [5.41, 5.74) is 5.31. The molecule has 0 fully saturated rings. The summed E-state index contributed by atoms with van der Waals surface area (Å²) in [6.07, 6.45) is 2.35. The minimum Gasteiger partial charge on any atom is -0.453 e. The van der Waals surface area contributed by atoms with E-state index < -0.39 is 12.1 Å². The number of hydrogen-bond donors (Lipinski definition) is 1. The van der Waals surface area contributed by atoms with Crippen molar-refractivity contribution < 1.29 is 19.1 Å². The fraction of sp³-hybridized carbons (Fsp3) is 0.375. The van der Waals surface area contributed by atoms with Crippen molar-refractivity contribution in [3.8, 4) is 0 Å². The smallest absolute Gasteiger partial charge is 0.307 e. The molecule has 1 aliphatic rings. The summed E-state index contributed by atoms with van der Waals surface area (Å²) in [5, 5.41) is 2.76. The molecule has 1 N–H and O–H groups in total. The first-order chi connectivity index (χ1) is 13.9. The Labute approximate surface area is 171 Å². The van der Waals surface area contributed by atoms with Crippen molar-refractivity contribution in [3.63, 3.8) is 0 Å². The molecular weight excluding hydrogens is 366 g/mol. The van der Waals surface area contributed by atoms with E-state index >= 15 is 0 Å². The first kappa shape index (κ1) is 20.8. The van der Waals surface area contributed by atoms with E-state index in [4.69, 9.17) is 4.74 Å². The molecule has 3 rings (SSSR count). The standard InChI is InChI=1S/C24H27NO4/c1-16-6-8-18(9-7-16)15-25-24(28)17(2)29-23(27)13-12-22(26)21-11-10-19-4-3-5-20(19)14-21/h6-11,14,17H,3-5,12-13,15H2,1-2H3,(H,25,28)/t17-/m1/s1. The molecule has 29 heavy (non-hydrogen) atoms. The Morgan fingerprint density at radius 2 is 1.72 bits per heavy atom. The molecule has 1 amide bonds. The van der Waals surface area contributed by atoms with Gasteiger partial charge in [-0.3, -0.25) is 14.4 Å². The van der Waals surface area contributed by atoms with E-state index in [-0.39, 0.29) is 24.5 Å². The van der Waals surface area contributed by atoms with Crippen LogP contribution in [0.1, 0.15) is 58.8 Å². The quantitative estimate of drug-likeness (QED) is 0.548. The summed E-state index contributed by atoms with van der Waals surface area (Å²) in [4.78, 5) is 36.5. The number of hydrogen-bond acceptors (Lipinski definition) is 4. The third-order valence-corrected chi connectivity index (χ3v) is 5.24. The third kappa shape index (κ3) is 5.76. The van der Waals surface area contributed by atoms with Crippen LogP contribution in [0.2, 0.25) is 0 Å². The predicted molar refractivity (Wildman–Crippen MR) is 111 cm³/mol. The Morgan fingerprint density at radius 3 is 2.48 bits per heavy atom. The highest BCUT2D eigenvalue weighted by Crippen LogP contribution is 2.23. The van der Waals surface area contributed by atoms with Gasteiger partial charge in [0.05, 0.1) is 6.42 Å². The molecule has 0 saturated carbocycles. The van der Waals surface area contributed by atoms with Gasteiger partial charge in [0.1, 0.15) is 0 Å². The third-order valence-electron chi connectivity index (χ3n) is 5.24. The van der Waals surface area contributed by atoms with Gasteiger partial charge in [0.2, 0.25) is 0 Å². The highest BCUT2D eigenvalue weighted by molar-refractivity contribution is 5.98.